The van der Waals surface area contributed by atoms with Crippen LogP contribution in [0.4, 0.5) is 4.79 Å². The van der Waals surface area contributed by atoms with Crippen LogP contribution in [0, 0.1) is 11.3 Å². The second-order valence-electron chi connectivity index (χ2n) is 8.49. The predicted molar refractivity (Wildman–Crippen MR) is 109 cm³/mol. The van der Waals surface area contributed by atoms with Gasteiger partial charge in [-0.15, -0.1) is 0 Å². The van der Waals surface area contributed by atoms with Gasteiger partial charge >= 0.3 is 0 Å². The molecule has 1 saturated heterocycles. The van der Waals surface area contributed by atoms with Crippen molar-refractivity contribution in [1.82, 2.24) is 20.9 Å². The van der Waals surface area contributed by atoms with E-state index in [1.807, 2.05) is 25.7 Å². The Morgan fingerprint density at radius 2 is 1.81 bits per heavy atom. The Balaban J connectivity index is 2.19. The van der Waals surface area contributed by atoms with Crippen LogP contribution in [0.5, 0.6) is 0 Å². The van der Waals surface area contributed by atoms with Crippen molar-refractivity contribution in [3.63, 3.8) is 0 Å². The summed E-state index contributed by atoms with van der Waals surface area (Å²) in [7, 11) is 1.72. The lowest BCUT2D eigenvalue weighted by molar-refractivity contribution is -0.141. The summed E-state index contributed by atoms with van der Waals surface area (Å²) in [6.07, 6.45) is 2.89. The van der Waals surface area contributed by atoms with Crippen LogP contribution in [-0.4, -0.2) is 58.4 Å². The molecule has 1 heterocycles. The summed E-state index contributed by atoms with van der Waals surface area (Å²) < 4.78 is -0.0870. The van der Waals surface area contributed by atoms with Gasteiger partial charge in [-0.05, 0) is 44.6 Å². The number of amides is 3. The van der Waals surface area contributed by atoms with Gasteiger partial charge in [0.1, 0.15) is 6.04 Å². The van der Waals surface area contributed by atoms with Crippen molar-refractivity contribution in [2.75, 3.05) is 13.6 Å². The number of likely N-dealkylation sites (tertiary alicyclic amines) is 1. The third kappa shape index (κ3) is 4.68. The number of carbonyl (C=O) groups excluding carboxylic acids is 3. The van der Waals surface area contributed by atoms with Gasteiger partial charge in [-0.25, -0.2) is 0 Å². The van der Waals surface area contributed by atoms with E-state index in [4.69, 9.17) is 0 Å². The van der Waals surface area contributed by atoms with Crippen molar-refractivity contribution < 1.29 is 14.4 Å². The molecule has 3 amide bonds. The van der Waals surface area contributed by atoms with Crippen LogP contribution in [-0.2, 0) is 9.59 Å². The summed E-state index contributed by atoms with van der Waals surface area (Å²) >= 11 is 1.75. The number of fused-ring (bicyclic) bond motifs is 1. The molecule has 0 bridgehead atoms. The number of carbonyl (C=O) groups is 3. The van der Waals surface area contributed by atoms with Crippen molar-refractivity contribution in [3.05, 3.63) is 0 Å². The normalized spacial score (nSPS) is 27.6. The maximum Gasteiger partial charge on any atom is 0.280 e. The van der Waals surface area contributed by atoms with Gasteiger partial charge in [-0.2, -0.15) is 0 Å². The molecule has 2 fully saturated rings. The van der Waals surface area contributed by atoms with E-state index in [2.05, 4.69) is 16.0 Å². The average Bonchev–Trinajstić information content (AvgIpc) is 3.12. The molecule has 0 spiro atoms. The highest BCUT2D eigenvalue weighted by molar-refractivity contribution is 14.1. The summed E-state index contributed by atoms with van der Waals surface area (Å²) in [6, 6.07) is -0.925. The molecule has 0 aromatic carbocycles. The van der Waals surface area contributed by atoms with Crippen molar-refractivity contribution in [2.45, 2.75) is 71.1 Å². The van der Waals surface area contributed by atoms with E-state index in [0.717, 1.165) is 19.3 Å². The predicted octanol–water partition coefficient (Wildman–Crippen LogP) is 1.65. The summed E-state index contributed by atoms with van der Waals surface area (Å²) in [5, 5.41) is 8.85. The highest BCUT2D eigenvalue weighted by Gasteiger charge is 2.49. The fraction of sp³-hybridized carbons (Fsp3) is 0.833. The Labute approximate surface area is 169 Å². The maximum atomic E-state index is 13.4. The first-order valence-electron chi connectivity index (χ1n) is 9.30. The Bertz CT molecular complexity index is 563. The van der Waals surface area contributed by atoms with E-state index in [-0.39, 0.29) is 33.9 Å². The van der Waals surface area contributed by atoms with Gasteiger partial charge in [0.05, 0.1) is 18.1 Å². The summed E-state index contributed by atoms with van der Waals surface area (Å²) in [5.41, 5.74) is -0.404. The lowest BCUT2D eigenvalue weighted by Gasteiger charge is -2.37. The maximum absolute atomic E-state index is 13.4. The third-order valence-corrected chi connectivity index (χ3v) is 5.96. The number of likely N-dealkylation sites (N-methyl/N-ethyl adjacent to an activating group) is 1. The molecule has 26 heavy (non-hydrogen) atoms. The van der Waals surface area contributed by atoms with Crippen LogP contribution < -0.4 is 16.0 Å². The minimum absolute atomic E-state index is 0.00315. The smallest absolute Gasteiger partial charge is 0.280 e. The number of halogens is 1. The molecule has 2 rings (SSSR count). The number of nitrogens with one attached hydrogen (secondary N) is 3. The van der Waals surface area contributed by atoms with E-state index < -0.39 is 11.5 Å². The summed E-state index contributed by atoms with van der Waals surface area (Å²) in [4.78, 5) is 39.2. The van der Waals surface area contributed by atoms with Crippen LogP contribution in [0.15, 0.2) is 0 Å². The van der Waals surface area contributed by atoms with E-state index in [1.54, 1.807) is 36.6 Å². The molecule has 1 saturated carbocycles. The first kappa shape index (κ1) is 21.4. The fourth-order valence-electron chi connectivity index (χ4n) is 4.08. The molecule has 0 aromatic heterocycles. The zero-order chi connectivity index (χ0) is 19.6. The fourth-order valence-corrected chi connectivity index (χ4v) is 4.48. The molecule has 5 atom stereocenters. The molecule has 0 unspecified atom stereocenters. The molecule has 2 aliphatic rings. The molecule has 3 N–H and O–H groups in total. The lowest BCUT2D eigenvalue weighted by Crippen LogP contribution is -2.60. The van der Waals surface area contributed by atoms with Crippen molar-refractivity contribution >= 4 is 38.3 Å². The van der Waals surface area contributed by atoms with Crippen molar-refractivity contribution in [3.8, 4) is 0 Å². The van der Waals surface area contributed by atoms with Gasteiger partial charge in [-0.1, -0.05) is 20.8 Å². The number of rotatable bonds is 5. The molecule has 7 nitrogen and oxygen atoms in total. The van der Waals surface area contributed by atoms with E-state index in [9.17, 15) is 14.4 Å². The third-order valence-electron chi connectivity index (χ3n) is 5.65. The Hall–Kier alpha value is -0.900. The van der Waals surface area contributed by atoms with Crippen molar-refractivity contribution in [1.29, 1.82) is 0 Å². The van der Waals surface area contributed by atoms with Gasteiger partial charge in [-0.3, -0.25) is 14.4 Å². The minimum atomic E-state index is -0.596. The molecule has 1 aliphatic carbocycles. The van der Waals surface area contributed by atoms with Crippen LogP contribution >= 0.6 is 22.6 Å². The van der Waals surface area contributed by atoms with Crippen LogP contribution in [0.1, 0.15) is 47.0 Å². The lowest BCUT2D eigenvalue weighted by atomic mass is 9.85. The highest BCUT2D eigenvalue weighted by Crippen LogP contribution is 2.39. The van der Waals surface area contributed by atoms with Gasteiger partial charge in [0, 0.05) is 29.1 Å². The molecular weight excluding hydrogens is 447 g/mol. The Morgan fingerprint density at radius 1 is 1.15 bits per heavy atom. The first-order valence-corrected chi connectivity index (χ1v) is 10.4. The van der Waals surface area contributed by atoms with Crippen LogP contribution in [0.25, 0.3) is 0 Å². The molecule has 8 heteroatoms. The second kappa shape index (κ2) is 8.41. The van der Waals surface area contributed by atoms with Crippen molar-refractivity contribution in [2.24, 2.45) is 11.3 Å². The molecule has 148 valence electrons. The van der Waals surface area contributed by atoms with Gasteiger partial charge in [0.25, 0.3) is 3.91 Å². The molecule has 0 radical (unpaired) electrons. The monoisotopic (exact) mass is 478 g/mol. The SMILES string of the molecule is CN[C@@H](C)C(=O)N[C@H](C(=O)N1CC[C@H]2CC[C@H](NC(=O)I)[C@H]21)C(C)(C)C. The first-order chi connectivity index (χ1) is 12.1. The van der Waals surface area contributed by atoms with E-state index >= 15 is 0 Å². The Morgan fingerprint density at radius 3 is 2.35 bits per heavy atom. The Kier molecular flexibility index (Phi) is 6.92. The highest BCUT2D eigenvalue weighted by atomic mass is 127. The van der Waals surface area contributed by atoms with E-state index in [1.165, 1.54) is 0 Å². The van der Waals surface area contributed by atoms with Crippen LogP contribution in [0.2, 0.25) is 0 Å². The zero-order valence-electron chi connectivity index (χ0n) is 16.3. The number of nitrogens with zero attached hydrogens (tertiary/aromatic N) is 1. The number of hydrogen-bond donors (Lipinski definition) is 3. The summed E-state index contributed by atoms with van der Waals surface area (Å²) in [5.74, 6) is 0.205. The second-order valence-corrected chi connectivity index (χ2v) is 9.47. The molecule has 0 aromatic rings. The number of hydrogen-bond acceptors (Lipinski definition) is 4. The van der Waals surface area contributed by atoms with Gasteiger partial charge in [0.15, 0.2) is 0 Å². The van der Waals surface area contributed by atoms with Gasteiger partial charge in [0.2, 0.25) is 11.8 Å². The molecular formula is C18H31IN4O3. The minimum Gasteiger partial charge on any atom is -0.343 e. The average molecular weight is 478 g/mol. The zero-order valence-corrected chi connectivity index (χ0v) is 18.4. The van der Waals surface area contributed by atoms with E-state index in [0.29, 0.717) is 12.5 Å². The largest absolute Gasteiger partial charge is 0.343 e. The quantitative estimate of drug-likeness (QED) is 0.319. The standard InChI is InChI=1S/C18H31IN4O3/c1-10(20-5)15(24)22-14(18(2,3)4)16(25)23-9-8-11-6-7-12(13(11)23)21-17(19)26/h10-14,20H,6-9H2,1-5H3,(H,21,26)(H,22,24)/t10-,11+,12-,13-,14+/m0/s1. The van der Waals surface area contributed by atoms with Crippen LogP contribution in [0.3, 0.4) is 0 Å². The topological polar surface area (TPSA) is 90.5 Å². The summed E-state index contributed by atoms with van der Waals surface area (Å²) in [6.45, 7) is 8.35. The van der Waals surface area contributed by atoms with Gasteiger partial charge < -0.3 is 20.9 Å². The molecule has 1 aliphatic heterocycles.